The van der Waals surface area contributed by atoms with Crippen LogP contribution in [-0.4, -0.2) is 60.5 Å². The number of hydrogen-bond acceptors (Lipinski definition) is 7. The molecule has 4 aromatic heterocycles. The molecule has 154 valence electrons. The summed E-state index contributed by atoms with van der Waals surface area (Å²) in [6.45, 7) is 3.74. The van der Waals surface area contributed by atoms with Crippen molar-refractivity contribution in [2.45, 2.75) is 19.4 Å². The van der Waals surface area contributed by atoms with Crippen molar-refractivity contribution in [2.75, 3.05) is 25.5 Å². The molecule has 1 saturated heterocycles. The first-order valence-corrected chi connectivity index (χ1v) is 9.97. The van der Waals surface area contributed by atoms with E-state index in [4.69, 9.17) is 4.74 Å². The Balaban J connectivity index is 1.40. The van der Waals surface area contributed by atoms with Crippen molar-refractivity contribution in [3.8, 4) is 17.0 Å². The van der Waals surface area contributed by atoms with Gasteiger partial charge in [0.1, 0.15) is 24.4 Å². The van der Waals surface area contributed by atoms with Crippen molar-refractivity contribution in [2.24, 2.45) is 7.05 Å². The van der Waals surface area contributed by atoms with Crippen molar-refractivity contribution >= 4 is 17.2 Å². The third-order valence-electron chi connectivity index (χ3n) is 5.57. The number of likely N-dealkylation sites (tertiary alicyclic amines) is 1. The summed E-state index contributed by atoms with van der Waals surface area (Å²) < 4.78 is 9.81. The van der Waals surface area contributed by atoms with Gasteiger partial charge in [-0.15, -0.1) is 0 Å². The lowest BCUT2D eigenvalue weighted by molar-refractivity contribution is 0.0771. The van der Waals surface area contributed by atoms with Crippen molar-refractivity contribution in [3.05, 3.63) is 48.7 Å². The van der Waals surface area contributed by atoms with Crippen LogP contribution in [0.4, 0.5) is 11.6 Å². The van der Waals surface area contributed by atoms with Crippen LogP contribution in [-0.2, 0) is 7.05 Å². The lowest BCUT2D eigenvalue weighted by Gasteiger charge is -2.37. The van der Waals surface area contributed by atoms with E-state index >= 15 is 0 Å². The molecule has 0 aliphatic carbocycles. The molecular formula is C21H24N8O. The Labute approximate surface area is 174 Å². The standard InChI is InChI=1S/C21H24N8O/c1-14-8-19(23-13-22-14)25-20-10-17-9-15(4-7-29(17)26-20)21-18(11-24-28(21)3)30-12-16-5-6-27(16)2/h4,7-11,13,16H,5-6,12H2,1-3H3,(H,22,23,25,26)/t16-/m1/s1. The summed E-state index contributed by atoms with van der Waals surface area (Å²) in [5, 5.41) is 12.2. The summed E-state index contributed by atoms with van der Waals surface area (Å²) in [5.74, 6) is 2.24. The summed E-state index contributed by atoms with van der Waals surface area (Å²) in [6.07, 6.45) is 6.45. The average Bonchev–Trinajstić information content (AvgIpc) is 3.28. The minimum Gasteiger partial charge on any atom is -0.488 e. The Kier molecular flexibility index (Phi) is 4.59. The molecule has 1 N–H and O–H groups in total. The highest BCUT2D eigenvalue weighted by atomic mass is 16.5. The number of rotatable bonds is 6. The largest absolute Gasteiger partial charge is 0.488 e. The van der Waals surface area contributed by atoms with Gasteiger partial charge in [0.15, 0.2) is 11.6 Å². The summed E-state index contributed by atoms with van der Waals surface area (Å²) in [7, 11) is 4.06. The molecule has 0 unspecified atom stereocenters. The van der Waals surface area contributed by atoms with Crippen LogP contribution in [0.1, 0.15) is 12.1 Å². The Morgan fingerprint density at radius 2 is 2.07 bits per heavy atom. The van der Waals surface area contributed by atoms with Crippen LogP contribution in [0.5, 0.6) is 5.75 Å². The molecule has 0 bridgehead atoms. The van der Waals surface area contributed by atoms with Gasteiger partial charge in [-0.3, -0.25) is 9.58 Å². The van der Waals surface area contributed by atoms with E-state index < -0.39 is 0 Å². The highest BCUT2D eigenvalue weighted by Gasteiger charge is 2.25. The van der Waals surface area contributed by atoms with Crippen LogP contribution >= 0.6 is 0 Å². The fraction of sp³-hybridized carbons (Fsp3) is 0.333. The molecule has 9 heteroatoms. The Hall–Kier alpha value is -3.46. The van der Waals surface area contributed by atoms with Gasteiger partial charge in [0, 0.05) is 42.7 Å². The van der Waals surface area contributed by atoms with E-state index in [1.165, 1.54) is 12.7 Å². The minimum atomic E-state index is 0.481. The smallest absolute Gasteiger partial charge is 0.165 e. The highest BCUT2D eigenvalue weighted by Crippen LogP contribution is 2.31. The van der Waals surface area contributed by atoms with Crippen LogP contribution in [0.25, 0.3) is 16.8 Å². The number of hydrogen-bond donors (Lipinski definition) is 1. The predicted molar refractivity (Wildman–Crippen MR) is 114 cm³/mol. The molecule has 0 amide bonds. The third-order valence-corrected chi connectivity index (χ3v) is 5.57. The number of pyridine rings is 1. The van der Waals surface area contributed by atoms with Gasteiger partial charge in [-0.1, -0.05) is 0 Å². The van der Waals surface area contributed by atoms with Gasteiger partial charge in [-0.2, -0.15) is 10.2 Å². The predicted octanol–water partition coefficient (Wildman–Crippen LogP) is 2.66. The van der Waals surface area contributed by atoms with E-state index in [2.05, 4.69) is 43.5 Å². The molecule has 1 fully saturated rings. The topological polar surface area (TPSA) is 85.4 Å². The molecule has 1 aliphatic rings. The molecule has 0 saturated carbocycles. The molecule has 1 aliphatic heterocycles. The van der Waals surface area contributed by atoms with Gasteiger partial charge in [-0.05, 0) is 39.1 Å². The molecule has 0 aromatic carbocycles. The lowest BCUT2D eigenvalue weighted by Crippen LogP contribution is -2.48. The molecule has 5 heterocycles. The van der Waals surface area contributed by atoms with E-state index in [1.54, 1.807) is 6.20 Å². The van der Waals surface area contributed by atoms with E-state index in [0.717, 1.165) is 46.4 Å². The van der Waals surface area contributed by atoms with Gasteiger partial charge in [-0.25, -0.2) is 14.5 Å². The second-order valence-electron chi connectivity index (χ2n) is 7.70. The lowest BCUT2D eigenvalue weighted by atomic mass is 10.1. The zero-order valence-electron chi connectivity index (χ0n) is 17.3. The zero-order valence-corrected chi connectivity index (χ0v) is 17.3. The monoisotopic (exact) mass is 404 g/mol. The molecule has 0 spiro atoms. The number of anilines is 2. The van der Waals surface area contributed by atoms with Gasteiger partial charge in [0.25, 0.3) is 0 Å². The van der Waals surface area contributed by atoms with E-state index in [-0.39, 0.29) is 0 Å². The number of aryl methyl sites for hydroxylation is 2. The molecule has 9 nitrogen and oxygen atoms in total. The molecule has 4 aromatic rings. The maximum Gasteiger partial charge on any atom is 0.165 e. The number of fused-ring (bicyclic) bond motifs is 1. The second kappa shape index (κ2) is 7.42. The van der Waals surface area contributed by atoms with Gasteiger partial charge in [0.2, 0.25) is 0 Å². The summed E-state index contributed by atoms with van der Waals surface area (Å²) in [6, 6.07) is 8.46. The summed E-state index contributed by atoms with van der Waals surface area (Å²) in [4.78, 5) is 10.7. The maximum atomic E-state index is 6.12. The normalized spacial score (nSPS) is 16.6. The summed E-state index contributed by atoms with van der Waals surface area (Å²) >= 11 is 0. The number of ether oxygens (including phenoxy) is 1. The van der Waals surface area contributed by atoms with Crippen LogP contribution < -0.4 is 10.1 Å². The zero-order chi connectivity index (χ0) is 20.7. The fourth-order valence-electron chi connectivity index (χ4n) is 3.68. The Morgan fingerprint density at radius 1 is 1.17 bits per heavy atom. The van der Waals surface area contributed by atoms with Gasteiger partial charge >= 0.3 is 0 Å². The van der Waals surface area contributed by atoms with E-state index in [0.29, 0.717) is 12.6 Å². The fourth-order valence-corrected chi connectivity index (χ4v) is 3.68. The third kappa shape index (κ3) is 3.48. The van der Waals surface area contributed by atoms with Crippen LogP contribution in [0, 0.1) is 6.92 Å². The average molecular weight is 404 g/mol. The van der Waals surface area contributed by atoms with E-state index in [9.17, 15) is 0 Å². The molecule has 30 heavy (non-hydrogen) atoms. The first kappa shape index (κ1) is 18.6. The first-order chi connectivity index (χ1) is 14.6. The van der Waals surface area contributed by atoms with Crippen molar-refractivity contribution < 1.29 is 4.74 Å². The Morgan fingerprint density at radius 3 is 2.83 bits per heavy atom. The van der Waals surface area contributed by atoms with E-state index in [1.807, 2.05) is 47.6 Å². The van der Waals surface area contributed by atoms with Crippen LogP contribution in [0.3, 0.4) is 0 Å². The SMILES string of the molecule is Cc1cc(Nc2cc3cc(-c4c(OC[C@H]5CCN5C)cnn4C)ccn3n2)ncn1. The van der Waals surface area contributed by atoms with Crippen LogP contribution in [0.2, 0.25) is 0 Å². The number of aromatic nitrogens is 6. The van der Waals surface area contributed by atoms with Crippen molar-refractivity contribution in [1.29, 1.82) is 0 Å². The Bertz CT molecular complexity index is 1200. The van der Waals surface area contributed by atoms with Gasteiger partial charge in [0.05, 0.1) is 11.7 Å². The molecule has 5 rings (SSSR count). The second-order valence-corrected chi connectivity index (χ2v) is 7.70. The van der Waals surface area contributed by atoms with Crippen molar-refractivity contribution in [3.63, 3.8) is 0 Å². The first-order valence-electron chi connectivity index (χ1n) is 9.97. The minimum absolute atomic E-state index is 0.481. The quantitative estimate of drug-likeness (QED) is 0.529. The van der Waals surface area contributed by atoms with Gasteiger partial charge < -0.3 is 10.1 Å². The number of nitrogens with one attached hydrogen (secondary N) is 1. The number of likely N-dealkylation sites (N-methyl/N-ethyl adjacent to an activating group) is 1. The molecule has 1 atom stereocenters. The maximum absolute atomic E-state index is 6.12. The molecule has 0 radical (unpaired) electrons. The van der Waals surface area contributed by atoms with Crippen molar-refractivity contribution in [1.82, 2.24) is 34.3 Å². The number of nitrogens with zero attached hydrogens (tertiary/aromatic N) is 7. The summed E-state index contributed by atoms with van der Waals surface area (Å²) in [5.41, 5.74) is 3.85. The van der Waals surface area contributed by atoms with Crippen LogP contribution in [0.15, 0.2) is 43.0 Å². The molecular weight excluding hydrogens is 380 g/mol. The highest BCUT2D eigenvalue weighted by molar-refractivity contribution is 5.72.